The highest BCUT2D eigenvalue weighted by atomic mass is 16.2. The van der Waals surface area contributed by atoms with E-state index in [9.17, 15) is 4.79 Å². The number of likely N-dealkylation sites (tertiary alicyclic amines) is 1. The predicted octanol–water partition coefficient (Wildman–Crippen LogP) is 1.96. The zero-order valence-electron chi connectivity index (χ0n) is 13.2. The Morgan fingerprint density at radius 1 is 1.17 bits per heavy atom. The topological polar surface area (TPSA) is 48.5 Å². The van der Waals surface area contributed by atoms with E-state index in [4.69, 9.17) is 0 Å². The van der Waals surface area contributed by atoms with Gasteiger partial charge in [0.05, 0.1) is 11.2 Å². The number of aromatic nitrogens is 1. The highest BCUT2D eigenvalue weighted by Crippen LogP contribution is 2.31. The number of carbonyl (C=O) groups excluding carboxylic acids is 1. The van der Waals surface area contributed by atoms with Gasteiger partial charge < -0.3 is 10.2 Å². The second kappa shape index (κ2) is 5.35. The summed E-state index contributed by atoms with van der Waals surface area (Å²) in [7, 11) is 1.89. The summed E-state index contributed by atoms with van der Waals surface area (Å²) in [5.74, 6) is 0. The zero-order chi connectivity index (χ0) is 15.9. The molecule has 0 bridgehead atoms. The molecule has 2 amide bonds. The van der Waals surface area contributed by atoms with Gasteiger partial charge in [0.1, 0.15) is 0 Å². The quantitative estimate of drug-likeness (QED) is 0.943. The van der Waals surface area contributed by atoms with Crippen molar-refractivity contribution in [1.82, 2.24) is 20.1 Å². The molecule has 2 aromatic rings. The van der Waals surface area contributed by atoms with Crippen molar-refractivity contribution >= 4 is 6.03 Å². The van der Waals surface area contributed by atoms with Gasteiger partial charge >= 0.3 is 6.03 Å². The molecule has 1 aromatic carbocycles. The standard InChI is InChI=1S/C18H20N4O/c1-21-17(23)20-11-18(21)12-22(13-18)10-14-5-7-15(8-6-14)16-4-2-3-9-19-16/h2-9H,10-13H2,1H3,(H,20,23). The third-order valence-electron chi connectivity index (χ3n) is 4.94. The molecule has 23 heavy (non-hydrogen) atoms. The summed E-state index contributed by atoms with van der Waals surface area (Å²) in [4.78, 5) is 20.2. The molecule has 2 saturated heterocycles. The molecule has 5 nitrogen and oxygen atoms in total. The predicted molar refractivity (Wildman–Crippen MR) is 88.8 cm³/mol. The first-order valence-corrected chi connectivity index (χ1v) is 7.91. The monoisotopic (exact) mass is 308 g/mol. The minimum atomic E-state index is 0.00494. The number of nitrogens with one attached hydrogen (secondary N) is 1. The third kappa shape index (κ3) is 2.47. The van der Waals surface area contributed by atoms with Crippen LogP contribution in [-0.2, 0) is 6.54 Å². The van der Waals surface area contributed by atoms with Gasteiger partial charge in [-0.1, -0.05) is 30.3 Å². The van der Waals surface area contributed by atoms with Crippen LogP contribution in [0.25, 0.3) is 11.3 Å². The van der Waals surface area contributed by atoms with E-state index in [-0.39, 0.29) is 11.6 Å². The molecule has 0 unspecified atom stereocenters. The molecular formula is C18H20N4O. The van der Waals surface area contributed by atoms with E-state index in [2.05, 4.69) is 39.5 Å². The summed E-state index contributed by atoms with van der Waals surface area (Å²) in [5, 5.41) is 2.93. The molecule has 2 fully saturated rings. The largest absolute Gasteiger partial charge is 0.336 e. The van der Waals surface area contributed by atoms with Crippen LogP contribution in [0.3, 0.4) is 0 Å². The zero-order valence-corrected chi connectivity index (χ0v) is 13.2. The van der Waals surface area contributed by atoms with Crippen LogP contribution >= 0.6 is 0 Å². The number of nitrogens with zero attached hydrogens (tertiary/aromatic N) is 3. The lowest BCUT2D eigenvalue weighted by Gasteiger charge is -2.50. The molecule has 4 rings (SSSR count). The van der Waals surface area contributed by atoms with Gasteiger partial charge in [0.2, 0.25) is 0 Å². The van der Waals surface area contributed by atoms with Crippen molar-refractivity contribution < 1.29 is 4.79 Å². The molecule has 2 aliphatic rings. The number of urea groups is 1. The average Bonchev–Trinajstić information content (AvgIpc) is 2.85. The van der Waals surface area contributed by atoms with Crippen LogP contribution in [0.15, 0.2) is 48.7 Å². The Balaban J connectivity index is 1.39. The second-order valence-corrected chi connectivity index (χ2v) is 6.50. The van der Waals surface area contributed by atoms with Crippen molar-refractivity contribution in [3.8, 4) is 11.3 Å². The van der Waals surface area contributed by atoms with Gasteiger partial charge in [-0.15, -0.1) is 0 Å². The van der Waals surface area contributed by atoms with E-state index in [0.717, 1.165) is 37.4 Å². The van der Waals surface area contributed by atoms with Crippen molar-refractivity contribution in [2.24, 2.45) is 0 Å². The van der Waals surface area contributed by atoms with Crippen LogP contribution in [0.4, 0.5) is 4.79 Å². The highest BCUT2D eigenvalue weighted by Gasteiger charge is 2.51. The number of carbonyl (C=O) groups is 1. The van der Waals surface area contributed by atoms with Gasteiger partial charge in [-0.2, -0.15) is 0 Å². The Labute approximate surface area is 135 Å². The van der Waals surface area contributed by atoms with Gasteiger partial charge in [-0.25, -0.2) is 4.79 Å². The molecule has 1 aromatic heterocycles. The molecule has 0 radical (unpaired) electrons. The number of amides is 2. The highest BCUT2D eigenvalue weighted by molar-refractivity contribution is 5.78. The van der Waals surface area contributed by atoms with Gasteiger partial charge in [-0.3, -0.25) is 9.88 Å². The second-order valence-electron chi connectivity index (χ2n) is 6.50. The first-order valence-electron chi connectivity index (χ1n) is 7.91. The Morgan fingerprint density at radius 2 is 1.96 bits per heavy atom. The first kappa shape index (κ1) is 14.2. The van der Waals surface area contributed by atoms with Crippen molar-refractivity contribution in [2.75, 3.05) is 26.7 Å². The van der Waals surface area contributed by atoms with Crippen LogP contribution in [0.1, 0.15) is 5.56 Å². The summed E-state index contributed by atoms with van der Waals surface area (Å²) < 4.78 is 0. The van der Waals surface area contributed by atoms with E-state index in [1.54, 1.807) is 0 Å². The lowest BCUT2D eigenvalue weighted by molar-refractivity contribution is -0.00105. The van der Waals surface area contributed by atoms with E-state index >= 15 is 0 Å². The number of hydrogen-bond donors (Lipinski definition) is 1. The van der Waals surface area contributed by atoms with Crippen LogP contribution in [0, 0.1) is 0 Å². The molecule has 0 saturated carbocycles. The molecular weight excluding hydrogens is 288 g/mol. The Kier molecular flexibility index (Phi) is 3.31. The van der Waals surface area contributed by atoms with Crippen molar-refractivity contribution in [3.63, 3.8) is 0 Å². The molecule has 1 spiro atoms. The SMILES string of the molecule is CN1C(=O)NCC12CN(Cc1ccc(-c3ccccn3)cc1)C2. The third-order valence-corrected chi connectivity index (χ3v) is 4.94. The normalized spacial score (nSPS) is 19.7. The first-order chi connectivity index (χ1) is 11.2. The maximum absolute atomic E-state index is 11.6. The van der Waals surface area contributed by atoms with Crippen molar-refractivity contribution in [2.45, 2.75) is 12.1 Å². The maximum Gasteiger partial charge on any atom is 0.317 e. The van der Waals surface area contributed by atoms with E-state index in [1.807, 2.05) is 36.3 Å². The van der Waals surface area contributed by atoms with Gasteiger partial charge in [0.15, 0.2) is 0 Å². The van der Waals surface area contributed by atoms with Crippen LogP contribution < -0.4 is 5.32 Å². The van der Waals surface area contributed by atoms with Crippen molar-refractivity contribution in [1.29, 1.82) is 0 Å². The number of rotatable bonds is 3. The maximum atomic E-state index is 11.6. The van der Waals surface area contributed by atoms with E-state index < -0.39 is 0 Å². The van der Waals surface area contributed by atoms with E-state index in [0.29, 0.717) is 0 Å². The van der Waals surface area contributed by atoms with Crippen molar-refractivity contribution in [3.05, 3.63) is 54.2 Å². The fraction of sp³-hybridized carbons (Fsp3) is 0.333. The van der Waals surface area contributed by atoms with Crippen LogP contribution in [-0.4, -0.2) is 53.0 Å². The molecule has 1 N–H and O–H groups in total. The summed E-state index contributed by atoms with van der Waals surface area (Å²) in [5.41, 5.74) is 3.43. The number of benzene rings is 1. The molecule has 0 atom stereocenters. The fourth-order valence-electron chi connectivity index (χ4n) is 3.49. The summed E-state index contributed by atoms with van der Waals surface area (Å²) in [6.07, 6.45) is 1.82. The molecule has 0 aliphatic carbocycles. The average molecular weight is 308 g/mol. The number of hydrogen-bond acceptors (Lipinski definition) is 3. The smallest absolute Gasteiger partial charge is 0.317 e. The number of likely N-dealkylation sites (N-methyl/N-ethyl adjacent to an activating group) is 1. The molecule has 5 heteroatoms. The van der Waals surface area contributed by atoms with E-state index in [1.165, 1.54) is 5.56 Å². The molecule has 118 valence electrons. The Bertz CT molecular complexity index is 708. The molecule has 2 aliphatic heterocycles. The number of pyridine rings is 1. The fourth-order valence-corrected chi connectivity index (χ4v) is 3.49. The Morgan fingerprint density at radius 3 is 2.57 bits per heavy atom. The summed E-state index contributed by atoms with van der Waals surface area (Å²) in [6.45, 7) is 3.55. The van der Waals surface area contributed by atoms with Gasteiger partial charge in [-0.05, 0) is 17.7 Å². The van der Waals surface area contributed by atoms with Crippen LogP contribution in [0.2, 0.25) is 0 Å². The summed E-state index contributed by atoms with van der Waals surface area (Å²) in [6, 6.07) is 14.6. The summed E-state index contributed by atoms with van der Waals surface area (Å²) >= 11 is 0. The lowest BCUT2D eigenvalue weighted by atomic mass is 9.89. The Hall–Kier alpha value is -2.40. The minimum Gasteiger partial charge on any atom is -0.336 e. The lowest BCUT2D eigenvalue weighted by Crippen LogP contribution is -2.68. The molecule has 3 heterocycles. The van der Waals surface area contributed by atoms with Gasteiger partial charge in [0.25, 0.3) is 0 Å². The minimum absolute atomic E-state index is 0.00494. The van der Waals surface area contributed by atoms with Crippen LogP contribution in [0.5, 0.6) is 0 Å². The van der Waals surface area contributed by atoms with Gasteiger partial charge in [0, 0.05) is 45.0 Å².